The van der Waals surface area contributed by atoms with Crippen LogP contribution in [0.25, 0.3) is 0 Å². The van der Waals surface area contributed by atoms with Gasteiger partial charge in [0, 0.05) is 19.3 Å². The van der Waals surface area contributed by atoms with Crippen molar-refractivity contribution in [3.8, 4) is 0 Å². The minimum atomic E-state index is -4.76. The van der Waals surface area contributed by atoms with Crippen molar-refractivity contribution in [3.63, 3.8) is 0 Å². The van der Waals surface area contributed by atoms with Crippen molar-refractivity contribution in [2.24, 2.45) is 0 Å². The van der Waals surface area contributed by atoms with E-state index in [4.69, 9.17) is 23.3 Å². The van der Waals surface area contributed by atoms with E-state index in [0.29, 0.717) is 25.7 Å². The number of hydrogen-bond donors (Lipinski definition) is 2. The largest absolute Gasteiger partial charge is 0.472 e. The maximum Gasteiger partial charge on any atom is 0.472 e. The number of carbonyl (C=O) groups excluding carboxylic acids is 3. The molecule has 12 heteroatoms. The summed E-state index contributed by atoms with van der Waals surface area (Å²) in [6.07, 6.45) is 55.6. The molecule has 0 amide bonds. The molecule has 2 N–H and O–H groups in total. The lowest BCUT2D eigenvalue weighted by Gasteiger charge is -2.21. The highest BCUT2D eigenvalue weighted by Crippen LogP contribution is 2.43. The average molecular weight is 975 g/mol. The first kappa shape index (κ1) is 64.7. The minimum absolute atomic E-state index is 0.142. The first-order valence-electron chi connectivity index (χ1n) is 26.5. The predicted octanol–water partition coefficient (Wildman–Crippen LogP) is 15.1. The fraction of sp³-hybridized carbons (Fsp3) is 0.696. The molecule has 0 spiro atoms. The van der Waals surface area contributed by atoms with Crippen LogP contribution in [0.1, 0.15) is 213 Å². The number of hydrogen-bond acceptors (Lipinski definition) is 10. The molecule has 0 aliphatic heterocycles. The molecule has 0 radical (unpaired) electrons. The quantitative estimate of drug-likeness (QED) is 0.0197. The Morgan fingerprint density at radius 1 is 0.426 bits per heavy atom. The van der Waals surface area contributed by atoms with Crippen LogP contribution in [-0.2, 0) is 42.2 Å². The van der Waals surface area contributed by atoms with E-state index in [1.54, 1.807) is 0 Å². The van der Waals surface area contributed by atoms with Crippen LogP contribution in [0.15, 0.2) is 85.1 Å². The van der Waals surface area contributed by atoms with E-state index in [9.17, 15) is 28.9 Å². The maximum atomic E-state index is 12.8. The molecule has 68 heavy (non-hydrogen) atoms. The molecule has 0 aliphatic rings. The van der Waals surface area contributed by atoms with Crippen molar-refractivity contribution in [3.05, 3.63) is 85.1 Å². The number of rotatable bonds is 48. The molecule has 0 aromatic carbocycles. The summed E-state index contributed by atoms with van der Waals surface area (Å²) in [5.74, 6) is -1.56. The van der Waals surface area contributed by atoms with E-state index in [0.717, 1.165) is 109 Å². The second-order valence-electron chi connectivity index (χ2n) is 17.3. The summed E-state index contributed by atoms with van der Waals surface area (Å²) >= 11 is 0. The van der Waals surface area contributed by atoms with Crippen LogP contribution >= 0.6 is 7.82 Å². The van der Waals surface area contributed by atoms with Gasteiger partial charge in [-0.15, -0.1) is 0 Å². The van der Waals surface area contributed by atoms with Crippen LogP contribution in [0.3, 0.4) is 0 Å². The molecule has 11 nitrogen and oxygen atoms in total. The number of ether oxygens (including phenoxy) is 3. The standard InChI is InChI=1S/C56H95O11P/c1-4-7-10-13-16-19-22-24-25-26-27-29-31-33-36-39-42-45-54(58)63-49-53(67-56(60)47-44-41-38-35-32-28-23-20-17-14-11-8-5-2)51-65-68(61,62)64-50-52(48-57)66-55(59)46-43-40-37-34-30-21-18-15-12-9-6-3/h7,10,15-16,18-20,23-25,27,29,33,36,52-53,57H,4-6,8-9,11-14,17,21-22,26,28,30-32,34-35,37-51H2,1-3H3,(H,61,62)/b10-7-,18-15-,19-16-,23-20-,25-24-,29-27-,36-33-. The summed E-state index contributed by atoms with van der Waals surface area (Å²) in [4.78, 5) is 48.3. The van der Waals surface area contributed by atoms with Crippen LogP contribution in [0, 0.1) is 0 Å². The molecule has 0 aliphatic carbocycles. The van der Waals surface area contributed by atoms with Crippen molar-refractivity contribution >= 4 is 25.7 Å². The molecule has 0 aromatic rings. The second-order valence-corrected chi connectivity index (χ2v) is 18.8. The fourth-order valence-corrected chi connectivity index (χ4v) is 7.50. The van der Waals surface area contributed by atoms with Crippen molar-refractivity contribution in [1.29, 1.82) is 0 Å². The topological polar surface area (TPSA) is 155 Å². The van der Waals surface area contributed by atoms with Gasteiger partial charge in [0.25, 0.3) is 0 Å². The summed E-state index contributed by atoms with van der Waals surface area (Å²) in [7, 11) is -4.76. The summed E-state index contributed by atoms with van der Waals surface area (Å²) < 4.78 is 39.3. The summed E-state index contributed by atoms with van der Waals surface area (Å²) in [5.41, 5.74) is 0. The monoisotopic (exact) mass is 975 g/mol. The number of phosphoric acid groups is 1. The van der Waals surface area contributed by atoms with Gasteiger partial charge in [0.2, 0.25) is 0 Å². The molecular formula is C56H95O11P. The third-order valence-corrected chi connectivity index (χ3v) is 11.7. The first-order valence-corrected chi connectivity index (χ1v) is 28.0. The SMILES string of the molecule is CC/C=C\C/C=C\C/C=C\C/C=C\C/C=C\CCCC(=O)OCC(COP(=O)(O)OCC(CO)OC(=O)CCCCCCC/C=C\CCCC)OC(=O)CCCCCCC/C=C\CCCCCC. The van der Waals surface area contributed by atoms with Gasteiger partial charge < -0.3 is 24.2 Å². The highest BCUT2D eigenvalue weighted by molar-refractivity contribution is 7.47. The number of esters is 3. The van der Waals surface area contributed by atoms with E-state index < -0.39 is 57.8 Å². The molecule has 0 rings (SSSR count). The maximum absolute atomic E-state index is 12.8. The Balaban J connectivity index is 4.85. The summed E-state index contributed by atoms with van der Waals surface area (Å²) in [6.45, 7) is 4.37. The van der Waals surface area contributed by atoms with Crippen LogP contribution in [-0.4, -0.2) is 66.5 Å². The molecule has 0 heterocycles. The number of phosphoric ester groups is 1. The molecular weight excluding hydrogens is 880 g/mol. The Bertz CT molecular complexity index is 1460. The molecule has 0 saturated carbocycles. The Kier molecular flexibility index (Phi) is 47.6. The number of allylic oxidation sites excluding steroid dienone is 14. The lowest BCUT2D eigenvalue weighted by atomic mass is 10.1. The van der Waals surface area contributed by atoms with Gasteiger partial charge in [-0.05, 0) is 103 Å². The second kappa shape index (κ2) is 50.1. The average Bonchev–Trinajstić information content (AvgIpc) is 3.32. The molecule has 0 aromatic heterocycles. The van der Waals surface area contributed by atoms with Gasteiger partial charge in [-0.2, -0.15) is 0 Å². The lowest BCUT2D eigenvalue weighted by Crippen LogP contribution is -2.30. The highest BCUT2D eigenvalue weighted by atomic mass is 31.2. The minimum Gasteiger partial charge on any atom is -0.462 e. The van der Waals surface area contributed by atoms with Crippen LogP contribution in [0.4, 0.5) is 0 Å². The number of unbranched alkanes of at least 4 members (excludes halogenated alkanes) is 17. The highest BCUT2D eigenvalue weighted by Gasteiger charge is 2.28. The van der Waals surface area contributed by atoms with Gasteiger partial charge in [0.15, 0.2) is 6.10 Å². The lowest BCUT2D eigenvalue weighted by molar-refractivity contribution is -0.161. The van der Waals surface area contributed by atoms with Crippen LogP contribution in [0.2, 0.25) is 0 Å². The van der Waals surface area contributed by atoms with E-state index >= 15 is 0 Å². The predicted molar refractivity (Wildman–Crippen MR) is 279 cm³/mol. The zero-order valence-corrected chi connectivity index (χ0v) is 43.7. The van der Waals surface area contributed by atoms with Gasteiger partial charge in [-0.3, -0.25) is 23.4 Å². The van der Waals surface area contributed by atoms with Gasteiger partial charge >= 0.3 is 25.7 Å². The Morgan fingerprint density at radius 3 is 1.28 bits per heavy atom. The van der Waals surface area contributed by atoms with Crippen LogP contribution in [0.5, 0.6) is 0 Å². The van der Waals surface area contributed by atoms with E-state index in [1.165, 1.54) is 38.5 Å². The third kappa shape index (κ3) is 47.7. The Hall–Kier alpha value is -3.34. The molecule has 3 unspecified atom stereocenters. The molecule has 390 valence electrons. The van der Waals surface area contributed by atoms with E-state index in [-0.39, 0.29) is 25.9 Å². The van der Waals surface area contributed by atoms with Crippen molar-refractivity contribution in [1.82, 2.24) is 0 Å². The molecule has 0 fully saturated rings. The molecule has 0 bridgehead atoms. The third-order valence-electron chi connectivity index (χ3n) is 10.8. The van der Waals surface area contributed by atoms with Gasteiger partial charge in [-0.25, -0.2) is 4.57 Å². The molecule has 3 atom stereocenters. The van der Waals surface area contributed by atoms with E-state index in [2.05, 4.69) is 99.8 Å². The summed E-state index contributed by atoms with van der Waals surface area (Å²) in [6, 6.07) is 0. The zero-order chi connectivity index (χ0) is 49.9. The number of aliphatic hydroxyl groups is 1. The van der Waals surface area contributed by atoms with E-state index in [1.807, 2.05) is 6.08 Å². The number of carbonyl (C=O) groups is 3. The Morgan fingerprint density at radius 2 is 0.794 bits per heavy atom. The molecule has 0 saturated heterocycles. The smallest absolute Gasteiger partial charge is 0.462 e. The van der Waals surface area contributed by atoms with Gasteiger partial charge in [0.05, 0.1) is 19.8 Å². The number of aliphatic hydroxyl groups excluding tert-OH is 1. The van der Waals surface area contributed by atoms with Gasteiger partial charge in [0.1, 0.15) is 12.7 Å². The zero-order valence-electron chi connectivity index (χ0n) is 42.8. The van der Waals surface area contributed by atoms with Gasteiger partial charge in [-0.1, -0.05) is 176 Å². The summed E-state index contributed by atoms with van der Waals surface area (Å²) in [5, 5.41) is 9.76. The Labute approximate surface area is 413 Å². The van der Waals surface area contributed by atoms with Crippen molar-refractivity contribution in [2.45, 2.75) is 226 Å². The van der Waals surface area contributed by atoms with Crippen molar-refractivity contribution in [2.75, 3.05) is 26.4 Å². The first-order chi connectivity index (χ1) is 33.2. The van der Waals surface area contributed by atoms with Crippen molar-refractivity contribution < 1.29 is 52.2 Å². The fourth-order valence-electron chi connectivity index (χ4n) is 6.72. The van der Waals surface area contributed by atoms with Crippen LogP contribution < -0.4 is 0 Å². The normalized spacial score (nSPS) is 14.1.